The van der Waals surface area contributed by atoms with Crippen LogP contribution in [0.5, 0.6) is 11.5 Å². The van der Waals surface area contributed by atoms with Gasteiger partial charge < -0.3 is 9.47 Å². The molecule has 1 aromatic carbocycles. The number of rotatable bonds is 3. The van der Waals surface area contributed by atoms with Crippen LogP contribution in [0, 0.1) is 0 Å². The molecule has 1 aliphatic heterocycles. The summed E-state index contributed by atoms with van der Waals surface area (Å²) in [6.07, 6.45) is 4.61. The lowest BCUT2D eigenvalue weighted by Crippen LogP contribution is -2.18. The minimum absolute atomic E-state index is 0.318. The second kappa shape index (κ2) is 6.04. The van der Waals surface area contributed by atoms with Gasteiger partial charge in [-0.2, -0.15) is 5.10 Å². The van der Waals surface area contributed by atoms with E-state index in [0.29, 0.717) is 30.3 Å². The summed E-state index contributed by atoms with van der Waals surface area (Å²) in [6.45, 7) is 1.03. The van der Waals surface area contributed by atoms with Crippen LogP contribution in [0.3, 0.4) is 0 Å². The maximum absolute atomic E-state index is 11.8. The second-order valence-electron chi connectivity index (χ2n) is 4.31. The third-order valence-electron chi connectivity index (χ3n) is 2.89. The highest BCUT2D eigenvalue weighted by Gasteiger charge is 2.14. The molecule has 0 saturated heterocycles. The average molecular weight is 283 g/mol. The number of aromatic nitrogens is 1. The maximum Gasteiger partial charge on any atom is 0.272 e. The smallest absolute Gasteiger partial charge is 0.272 e. The molecule has 6 heteroatoms. The number of amides is 1. The van der Waals surface area contributed by atoms with E-state index in [1.165, 1.54) is 12.4 Å². The van der Waals surface area contributed by atoms with Crippen molar-refractivity contribution in [2.75, 3.05) is 13.2 Å². The van der Waals surface area contributed by atoms with E-state index in [1.54, 1.807) is 18.3 Å². The van der Waals surface area contributed by atoms with Crippen LogP contribution < -0.4 is 14.9 Å². The van der Waals surface area contributed by atoms with Gasteiger partial charge in [-0.25, -0.2) is 5.43 Å². The summed E-state index contributed by atoms with van der Waals surface area (Å²) in [5.74, 6) is 1.01. The summed E-state index contributed by atoms with van der Waals surface area (Å²) >= 11 is 0. The summed E-state index contributed by atoms with van der Waals surface area (Å²) < 4.78 is 11.0. The quantitative estimate of drug-likeness (QED) is 0.686. The molecule has 0 unspecified atom stereocenters. The molecule has 1 N–H and O–H groups in total. The van der Waals surface area contributed by atoms with Gasteiger partial charge in [0.2, 0.25) is 0 Å². The van der Waals surface area contributed by atoms with E-state index in [0.717, 1.165) is 5.56 Å². The summed E-state index contributed by atoms with van der Waals surface area (Å²) in [5.41, 5.74) is 3.65. The lowest BCUT2D eigenvalue weighted by molar-refractivity contribution is 0.0954. The Morgan fingerprint density at radius 2 is 2.14 bits per heavy atom. The zero-order chi connectivity index (χ0) is 14.5. The number of carbonyl (C=O) groups excluding carboxylic acids is 1. The minimum Gasteiger partial charge on any atom is -0.486 e. The van der Waals surface area contributed by atoms with Gasteiger partial charge >= 0.3 is 0 Å². The fourth-order valence-corrected chi connectivity index (χ4v) is 1.92. The Labute approximate surface area is 121 Å². The SMILES string of the molecule is O=C(NN=Cc1cccc2c1OCCO2)c1cccnc1. The Kier molecular flexibility index (Phi) is 3.77. The molecular formula is C15H13N3O3. The van der Waals surface area contributed by atoms with Crippen molar-refractivity contribution >= 4 is 12.1 Å². The highest BCUT2D eigenvalue weighted by Crippen LogP contribution is 2.32. The highest BCUT2D eigenvalue weighted by molar-refractivity contribution is 5.94. The largest absolute Gasteiger partial charge is 0.486 e. The van der Waals surface area contributed by atoms with Crippen molar-refractivity contribution in [2.45, 2.75) is 0 Å². The van der Waals surface area contributed by atoms with Gasteiger partial charge in [-0.05, 0) is 24.3 Å². The molecule has 0 aliphatic carbocycles. The van der Waals surface area contributed by atoms with Gasteiger partial charge in [0.1, 0.15) is 13.2 Å². The van der Waals surface area contributed by atoms with Gasteiger partial charge in [0.15, 0.2) is 11.5 Å². The van der Waals surface area contributed by atoms with Crippen molar-refractivity contribution in [1.82, 2.24) is 10.4 Å². The average Bonchev–Trinajstić information content (AvgIpc) is 2.56. The Balaban J connectivity index is 1.71. The number of carbonyl (C=O) groups is 1. The Morgan fingerprint density at radius 1 is 1.24 bits per heavy atom. The molecule has 1 aliphatic rings. The standard InChI is InChI=1S/C15H13N3O3/c19-15(12-4-2-6-16-9-12)18-17-10-11-3-1-5-13-14(11)21-8-7-20-13/h1-6,9-10H,7-8H2,(H,18,19). The molecule has 1 aromatic heterocycles. The first-order chi connectivity index (χ1) is 10.3. The molecule has 0 radical (unpaired) electrons. The number of ether oxygens (including phenoxy) is 2. The molecule has 0 bridgehead atoms. The number of fused-ring (bicyclic) bond motifs is 1. The van der Waals surface area contributed by atoms with E-state index >= 15 is 0 Å². The van der Waals surface area contributed by atoms with Crippen molar-refractivity contribution in [3.63, 3.8) is 0 Å². The van der Waals surface area contributed by atoms with Crippen LogP contribution in [0.1, 0.15) is 15.9 Å². The molecule has 0 fully saturated rings. The molecule has 106 valence electrons. The number of hydrogen-bond donors (Lipinski definition) is 1. The molecule has 0 atom stereocenters. The van der Waals surface area contributed by atoms with Crippen LogP contribution >= 0.6 is 0 Å². The van der Waals surface area contributed by atoms with Gasteiger partial charge in [-0.1, -0.05) is 6.07 Å². The van der Waals surface area contributed by atoms with Crippen molar-refractivity contribution in [3.05, 3.63) is 53.9 Å². The van der Waals surface area contributed by atoms with E-state index in [4.69, 9.17) is 9.47 Å². The molecule has 2 heterocycles. The van der Waals surface area contributed by atoms with Crippen LogP contribution in [-0.4, -0.2) is 30.3 Å². The molecule has 1 amide bonds. The van der Waals surface area contributed by atoms with E-state index in [9.17, 15) is 4.79 Å². The minimum atomic E-state index is -0.318. The molecular weight excluding hydrogens is 270 g/mol. The number of nitrogens with zero attached hydrogens (tertiary/aromatic N) is 2. The van der Waals surface area contributed by atoms with E-state index < -0.39 is 0 Å². The summed E-state index contributed by atoms with van der Waals surface area (Å²) in [5, 5.41) is 3.94. The highest BCUT2D eigenvalue weighted by atomic mass is 16.6. The Morgan fingerprint density at radius 3 is 3.00 bits per heavy atom. The monoisotopic (exact) mass is 283 g/mol. The van der Waals surface area contributed by atoms with Crippen molar-refractivity contribution in [3.8, 4) is 11.5 Å². The van der Waals surface area contributed by atoms with Crippen LogP contribution in [0.4, 0.5) is 0 Å². The van der Waals surface area contributed by atoms with Crippen LogP contribution in [0.25, 0.3) is 0 Å². The van der Waals surface area contributed by atoms with Crippen molar-refractivity contribution < 1.29 is 14.3 Å². The predicted octanol–water partition coefficient (Wildman–Crippen LogP) is 1.62. The Bertz CT molecular complexity index is 671. The van der Waals surface area contributed by atoms with Crippen LogP contribution in [0.15, 0.2) is 47.8 Å². The molecule has 21 heavy (non-hydrogen) atoms. The van der Waals surface area contributed by atoms with Gasteiger partial charge in [-0.3, -0.25) is 9.78 Å². The summed E-state index contributed by atoms with van der Waals surface area (Å²) in [4.78, 5) is 15.7. The first-order valence-corrected chi connectivity index (χ1v) is 6.46. The number of hydrazone groups is 1. The van der Waals surface area contributed by atoms with Gasteiger partial charge in [-0.15, -0.1) is 0 Å². The molecule has 2 aromatic rings. The number of hydrogen-bond acceptors (Lipinski definition) is 5. The predicted molar refractivity (Wildman–Crippen MR) is 76.7 cm³/mol. The number of pyridine rings is 1. The van der Waals surface area contributed by atoms with Gasteiger partial charge in [0.25, 0.3) is 5.91 Å². The lowest BCUT2D eigenvalue weighted by Gasteiger charge is -2.19. The number of nitrogens with one attached hydrogen (secondary N) is 1. The van der Waals surface area contributed by atoms with E-state index in [-0.39, 0.29) is 5.91 Å². The fraction of sp³-hybridized carbons (Fsp3) is 0.133. The van der Waals surface area contributed by atoms with E-state index in [2.05, 4.69) is 15.5 Å². The van der Waals surface area contributed by atoms with Gasteiger partial charge in [0.05, 0.1) is 11.8 Å². The first kappa shape index (κ1) is 13.1. The topological polar surface area (TPSA) is 72.8 Å². The second-order valence-corrected chi connectivity index (χ2v) is 4.31. The molecule has 0 saturated carbocycles. The first-order valence-electron chi connectivity index (χ1n) is 6.46. The van der Waals surface area contributed by atoms with Gasteiger partial charge in [0, 0.05) is 18.0 Å². The van der Waals surface area contributed by atoms with Crippen molar-refractivity contribution in [2.24, 2.45) is 5.10 Å². The molecule has 6 nitrogen and oxygen atoms in total. The number of benzene rings is 1. The molecule has 0 spiro atoms. The zero-order valence-electron chi connectivity index (χ0n) is 11.2. The van der Waals surface area contributed by atoms with Crippen molar-refractivity contribution in [1.29, 1.82) is 0 Å². The summed E-state index contributed by atoms with van der Waals surface area (Å²) in [7, 11) is 0. The van der Waals surface area contributed by atoms with Crippen LogP contribution in [0.2, 0.25) is 0 Å². The Hall–Kier alpha value is -2.89. The normalized spacial score (nSPS) is 13.1. The molecule has 3 rings (SSSR count). The van der Waals surface area contributed by atoms with E-state index in [1.807, 2.05) is 18.2 Å². The number of para-hydroxylation sites is 1. The summed E-state index contributed by atoms with van der Waals surface area (Å²) in [6, 6.07) is 8.88. The fourth-order valence-electron chi connectivity index (χ4n) is 1.92. The lowest BCUT2D eigenvalue weighted by atomic mass is 10.2. The van der Waals surface area contributed by atoms with Crippen LogP contribution in [-0.2, 0) is 0 Å². The third kappa shape index (κ3) is 3.00. The third-order valence-corrected chi connectivity index (χ3v) is 2.89. The zero-order valence-corrected chi connectivity index (χ0v) is 11.2. The maximum atomic E-state index is 11.8.